The molecule has 0 radical (unpaired) electrons. The van der Waals surface area contributed by atoms with E-state index in [0.717, 1.165) is 19.5 Å². The van der Waals surface area contributed by atoms with Crippen molar-refractivity contribution in [2.75, 3.05) is 24.5 Å². The fourth-order valence-corrected chi connectivity index (χ4v) is 3.78. The summed E-state index contributed by atoms with van der Waals surface area (Å²) in [5, 5.41) is 3.57. The normalized spacial score (nSPS) is 19.7. The van der Waals surface area contributed by atoms with E-state index in [-0.39, 0.29) is 0 Å². The molecule has 0 amide bonds. The number of fused-ring (bicyclic) bond motifs is 3. The Balaban J connectivity index is 1.59. The van der Waals surface area contributed by atoms with Crippen molar-refractivity contribution >= 4 is 5.69 Å². The van der Waals surface area contributed by atoms with Gasteiger partial charge < -0.3 is 10.2 Å². The van der Waals surface area contributed by atoms with Gasteiger partial charge in [-0.15, -0.1) is 0 Å². The van der Waals surface area contributed by atoms with Gasteiger partial charge in [-0.3, -0.25) is 0 Å². The summed E-state index contributed by atoms with van der Waals surface area (Å²) >= 11 is 0. The van der Waals surface area contributed by atoms with Crippen molar-refractivity contribution in [2.45, 2.75) is 25.8 Å². The van der Waals surface area contributed by atoms with Crippen LogP contribution in [0.4, 0.5) is 5.69 Å². The molecule has 1 aliphatic heterocycles. The van der Waals surface area contributed by atoms with E-state index in [1.165, 1.54) is 40.9 Å². The van der Waals surface area contributed by atoms with Crippen LogP contribution in [0, 0.1) is 0 Å². The van der Waals surface area contributed by atoms with Crippen molar-refractivity contribution in [3.63, 3.8) is 0 Å². The molecular weight excluding hydrogens is 256 g/mol. The number of benzene rings is 2. The van der Waals surface area contributed by atoms with Gasteiger partial charge in [0, 0.05) is 24.8 Å². The molecule has 2 aliphatic rings. The van der Waals surface area contributed by atoms with Gasteiger partial charge in [0.2, 0.25) is 0 Å². The van der Waals surface area contributed by atoms with E-state index in [0.29, 0.717) is 6.04 Å². The zero-order chi connectivity index (χ0) is 14.2. The van der Waals surface area contributed by atoms with Crippen molar-refractivity contribution in [1.82, 2.24) is 5.32 Å². The lowest BCUT2D eigenvalue weighted by atomic mass is 10.1. The summed E-state index contributed by atoms with van der Waals surface area (Å²) in [4.78, 5) is 2.52. The largest absolute Gasteiger partial charge is 0.370 e. The third-order valence-corrected chi connectivity index (χ3v) is 4.82. The third-order valence-electron chi connectivity index (χ3n) is 4.82. The number of nitrogens with one attached hydrogen (secondary N) is 1. The molecule has 1 atom stereocenters. The molecule has 0 saturated carbocycles. The Hall–Kier alpha value is -1.80. The highest BCUT2D eigenvalue weighted by molar-refractivity contribution is 5.78. The van der Waals surface area contributed by atoms with Crippen molar-refractivity contribution in [2.24, 2.45) is 0 Å². The van der Waals surface area contributed by atoms with Gasteiger partial charge in [-0.2, -0.15) is 0 Å². The van der Waals surface area contributed by atoms with E-state index in [1.54, 1.807) is 0 Å². The van der Waals surface area contributed by atoms with Crippen LogP contribution in [0.3, 0.4) is 0 Å². The van der Waals surface area contributed by atoms with Gasteiger partial charge in [0.25, 0.3) is 0 Å². The smallest absolute Gasteiger partial charge is 0.0370 e. The van der Waals surface area contributed by atoms with Crippen LogP contribution in [0.2, 0.25) is 0 Å². The summed E-state index contributed by atoms with van der Waals surface area (Å²) in [6.45, 7) is 5.57. The second-order valence-electron chi connectivity index (χ2n) is 6.16. The molecule has 1 fully saturated rings. The predicted molar refractivity (Wildman–Crippen MR) is 89.0 cm³/mol. The Bertz CT molecular complexity index is 662. The first-order chi connectivity index (χ1) is 10.3. The van der Waals surface area contributed by atoms with Crippen LogP contribution in [0.15, 0.2) is 42.5 Å². The molecule has 2 heteroatoms. The van der Waals surface area contributed by atoms with E-state index >= 15 is 0 Å². The minimum atomic E-state index is 0.653. The maximum absolute atomic E-state index is 3.57. The number of hydrogen-bond acceptors (Lipinski definition) is 2. The molecule has 0 spiro atoms. The second kappa shape index (κ2) is 5.19. The Kier molecular flexibility index (Phi) is 3.19. The van der Waals surface area contributed by atoms with Gasteiger partial charge in [-0.05, 0) is 53.8 Å². The van der Waals surface area contributed by atoms with Gasteiger partial charge in [0.1, 0.15) is 0 Å². The van der Waals surface area contributed by atoms with E-state index < -0.39 is 0 Å². The third kappa shape index (κ3) is 2.24. The average molecular weight is 278 g/mol. The van der Waals surface area contributed by atoms with Gasteiger partial charge in [0.15, 0.2) is 0 Å². The molecule has 4 rings (SSSR count). The number of anilines is 1. The summed E-state index contributed by atoms with van der Waals surface area (Å²) < 4.78 is 0. The summed E-state index contributed by atoms with van der Waals surface area (Å²) in [6.07, 6.45) is 2.34. The molecule has 2 aromatic rings. The first-order valence-electron chi connectivity index (χ1n) is 8.04. The minimum absolute atomic E-state index is 0.653. The van der Waals surface area contributed by atoms with Crippen LogP contribution in [-0.2, 0) is 6.42 Å². The van der Waals surface area contributed by atoms with Crippen LogP contribution in [0.25, 0.3) is 11.1 Å². The van der Waals surface area contributed by atoms with Gasteiger partial charge in [0.05, 0.1) is 0 Å². The molecule has 0 bridgehead atoms. The highest BCUT2D eigenvalue weighted by Gasteiger charge is 2.24. The monoisotopic (exact) mass is 278 g/mol. The lowest BCUT2D eigenvalue weighted by Gasteiger charge is -2.20. The van der Waals surface area contributed by atoms with Gasteiger partial charge >= 0.3 is 0 Å². The van der Waals surface area contributed by atoms with E-state index in [1.807, 2.05) is 0 Å². The first kappa shape index (κ1) is 12.9. The molecular formula is C19H22N2. The number of likely N-dealkylation sites (N-methyl/N-ethyl adjacent to an activating group) is 1. The fourth-order valence-electron chi connectivity index (χ4n) is 3.78. The van der Waals surface area contributed by atoms with Crippen LogP contribution >= 0.6 is 0 Å². The molecule has 2 nitrogen and oxygen atoms in total. The van der Waals surface area contributed by atoms with Crippen molar-refractivity contribution in [3.05, 3.63) is 53.6 Å². The quantitative estimate of drug-likeness (QED) is 0.789. The van der Waals surface area contributed by atoms with E-state index in [2.05, 4.69) is 59.6 Å². The Morgan fingerprint density at radius 1 is 1.10 bits per heavy atom. The summed E-state index contributed by atoms with van der Waals surface area (Å²) in [5.41, 5.74) is 7.20. The molecule has 0 aromatic heterocycles. The molecule has 1 saturated heterocycles. The molecule has 1 unspecified atom stereocenters. The van der Waals surface area contributed by atoms with Crippen molar-refractivity contribution < 1.29 is 0 Å². The van der Waals surface area contributed by atoms with E-state index in [9.17, 15) is 0 Å². The number of hydrogen-bond donors (Lipinski definition) is 1. The molecule has 1 N–H and O–H groups in total. The van der Waals surface area contributed by atoms with E-state index in [4.69, 9.17) is 0 Å². The lowest BCUT2D eigenvalue weighted by Crippen LogP contribution is -2.32. The number of nitrogens with zero attached hydrogens (tertiary/aromatic N) is 1. The maximum Gasteiger partial charge on any atom is 0.0370 e. The topological polar surface area (TPSA) is 15.3 Å². The molecule has 21 heavy (non-hydrogen) atoms. The average Bonchev–Trinajstić information content (AvgIpc) is 3.11. The van der Waals surface area contributed by atoms with Crippen molar-refractivity contribution in [3.8, 4) is 11.1 Å². The molecule has 108 valence electrons. The highest BCUT2D eigenvalue weighted by atomic mass is 15.2. The van der Waals surface area contributed by atoms with Crippen LogP contribution < -0.4 is 10.2 Å². The summed E-state index contributed by atoms with van der Waals surface area (Å²) in [6, 6.07) is 16.5. The Morgan fingerprint density at radius 2 is 1.95 bits per heavy atom. The van der Waals surface area contributed by atoms with Crippen LogP contribution in [0.1, 0.15) is 24.5 Å². The Labute approximate surface area is 126 Å². The summed E-state index contributed by atoms with van der Waals surface area (Å²) in [5.74, 6) is 0. The van der Waals surface area contributed by atoms with Crippen LogP contribution in [-0.4, -0.2) is 25.7 Å². The fraction of sp³-hybridized carbons (Fsp3) is 0.368. The molecule has 1 aliphatic carbocycles. The summed E-state index contributed by atoms with van der Waals surface area (Å²) in [7, 11) is 0. The minimum Gasteiger partial charge on any atom is -0.370 e. The first-order valence-corrected chi connectivity index (χ1v) is 8.04. The molecule has 1 heterocycles. The van der Waals surface area contributed by atoms with Gasteiger partial charge in [-0.25, -0.2) is 0 Å². The predicted octanol–water partition coefficient (Wildman–Crippen LogP) is 3.45. The zero-order valence-corrected chi connectivity index (χ0v) is 12.6. The second-order valence-corrected chi connectivity index (χ2v) is 6.16. The SMILES string of the molecule is CCNC1CCN(c2ccc3c(c2)Cc2ccccc2-3)C1. The van der Waals surface area contributed by atoms with Crippen molar-refractivity contribution in [1.29, 1.82) is 0 Å². The lowest BCUT2D eigenvalue weighted by molar-refractivity contribution is 0.572. The Morgan fingerprint density at radius 3 is 2.86 bits per heavy atom. The zero-order valence-electron chi connectivity index (χ0n) is 12.6. The van der Waals surface area contributed by atoms with Crippen LogP contribution in [0.5, 0.6) is 0 Å². The van der Waals surface area contributed by atoms with Gasteiger partial charge in [-0.1, -0.05) is 37.3 Å². The number of rotatable bonds is 3. The molecule has 2 aromatic carbocycles. The highest BCUT2D eigenvalue weighted by Crippen LogP contribution is 2.38. The standard InChI is InChI=1S/C19H22N2/c1-2-20-16-9-10-21(13-16)17-7-8-19-15(12-17)11-14-5-3-4-6-18(14)19/h3-8,12,16,20H,2,9-11,13H2,1H3. The maximum atomic E-state index is 3.57.